The van der Waals surface area contributed by atoms with Gasteiger partial charge in [0, 0.05) is 50.1 Å². The minimum absolute atomic E-state index is 0.117. The molecule has 2 aliphatic heterocycles. The van der Waals surface area contributed by atoms with E-state index in [0.29, 0.717) is 0 Å². The minimum Gasteiger partial charge on any atom is -0.368 e. The Morgan fingerprint density at radius 1 is 1.29 bits per heavy atom. The molecular weight excluding hydrogens is 322 g/mol. The molecule has 2 saturated heterocycles. The van der Waals surface area contributed by atoms with Gasteiger partial charge >= 0.3 is 0 Å². The van der Waals surface area contributed by atoms with Gasteiger partial charge in [-0.3, -0.25) is 9.69 Å². The van der Waals surface area contributed by atoms with Crippen molar-refractivity contribution in [2.75, 3.05) is 32.8 Å². The van der Waals surface area contributed by atoms with Crippen LogP contribution in [0.2, 0.25) is 0 Å². The van der Waals surface area contributed by atoms with Gasteiger partial charge in [-0.15, -0.1) is 11.3 Å². The van der Waals surface area contributed by atoms with Crippen molar-refractivity contribution in [3.63, 3.8) is 0 Å². The lowest BCUT2D eigenvalue weighted by atomic mass is 9.98. The van der Waals surface area contributed by atoms with Crippen LogP contribution in [0.3, 0.4) is 0 Å². The Morgan fingerprint density at radius 3 is 2.79 bits per heavy atom. The van der Waals surface area contributed by atoms with Gasteiger partial charge in [0.25, 0.3) is 5.91 Å². The maximum Gasteiger partial charge on any atom is 0.251 e. The van der Waals surface area contributed by atoms with E-state index >= 15 is 0 Å². The summed E-state index contributed by atoms with van der Waals surface area (Å²) in [6, 6.07) is 0. The predicted molar refractivity (Wildman–Crippen MR) is 96.3 cm³/mol. The van der Waals surface area contributed by atoms with Gasteiger partial charge in [-0.1, -0.05) is 20.8 Å². The summed E-state index contributed by atoms with van der Waals surface area (Å²) in [5.74, 6) is 0.193. The topological polar surface area (TPSA) is 45.7 Å². The average molecular weight is 352 g/mol. The van der Waals surface area contributed by atoms with E-state index in [4.69, 9.17) is 9.72 Å². The molecule has 1 amide bonds. The van der Waals surface area contributed by atoms with Gasteiger partial charge in [0.2, 0.25) is 0 Å². The summed E-state index contributed by atoms with van der Waals surface area (Å²) in [6.07, 6.45) is 2.72. The molecule has 1 aromatic rings. The van der Waals surface area contributed by atoms with Crippen LogP contribution < -0.4 is 0 Å². The Bertz CT molecular complexity index is 561. The quantitative estimate of drug-likeness (QED) is 0.840. The Labute approximate surface area is 149 Å². The van der Waals surface area contributed by atoms with Gasteiger partial charge in [0.1, 0.15) is 6.10 Å². The molecule has 0 aromatic carbocycles. The van der Waals surface area contributed by atoms with Crippen LogP contribution in [0.5, 0.6) is 0 Å². The van der Waals surface area contributed by atoms with E-state index in [1.54, 1.807) is 11.3 Å². The van der Waals surface area contributed by atoms with Gasteiger partial charge in [0.05, 0.1) is 10.7 Å². The fraction of sp³-hybridized carbons (Fsp3) is 0.778. The summed E-state index contributed by atoms with van der Waals surface area (Å²) in [5, 5.41) is 3.38. The van der Waals surface area contributed by atoms with Crippen LogP contribution in [-0.4, -0.2) is 59.6 Å². The summed E-state index contributed by atoms with van der Waals surface area (Å²) >= 11 is 1.75. The lowest BCUT2D eigenvalue weighted by molar-refractivity contribution is -0.140. The summed E-state index contributed by atoms with van der Waals surface area (Å²) in [4.78, 5) is 21.7. The van der Waals surface area contributed by atoms with Crippen molar-refractivity contribution < 1.29 is 9.53 Å². The third-order valence-electron chi connectivity index (χ3n) is 4.68. The van der Waals surface area contributed by atoms with E-state index in [-0.39, 0.29) is 17.4 Å². The molecule has 3 heterocycles. The molecular formula is C18H29N3O2S. The van der Waals surface area contributed by atoms with Crippen LogP contribution in [0.4, 0.5) is 0 Å². The van der Waals surface area contributed by atoms with Crippen molar-refractivity contribution in [2.45, 2.75) is 58.1 Å². The highest BCUT2D eigenvalue weighted by atomic mass is 32.1. The first-order valence-corrected chi connectivity index (χ1v) is 9.89. The normalized spacial score (nSPS) is 23.5. The van der Waals surface area contributed by atoms with Crippen LogP contribution in [0, 0.1) is 0 Å². The van der Waals surface area contributed by atoms with Crippen molar-refractivity contribution in [3.8, 4) is 0 Å². The number of ether oxygens (including phenoxy) is 1. The summed E-state index contributed by atoms with van der Waals surface area (Å²) in [7, 11) is 0. The van der Waals surface area contributed by atoms with Gasteiger partial charge in [0.15, 0.2) is 0 Å². The zero-order valence-corrected chi connectivity index (χ0v) is 15.9. The number of hydrogen-bond acceptors (Lipinski definition) is 5. The monoisotopic (exact) mass is 351 g/mol. The van der Waals surface area contributed by atoms with Crippen molar-refractivity contribution >= 4 is 17.2 Å². The van der Waals surface area contributed by atoms with Gasteiger partial charge in [-0.2, -0.15) is 0 Å². The molecule has 24 heavy (non-hydrogen) atoms. The summed E-state index contributed by atoms with van der Waals surface area (Å²) < 4.78 is 5.55. The Kier molecular flexibility index (Phi) is 5.57. The van der Waals surface area contributed by atoms with Crippen LogP contribution in [-0.2, 0) is 21.5 Å². The number of thiazole rings is 1. The van der Waals surface area contributed by atoms with E-state index in [1.807, 2.05) is 4.90 Å². The SMILES string of the molecule is CC(C)(C)c1nc(CN2CCCN(C(=O)C3CCCO3)CC2)cs1. The van der Waals surface area contributed by atoms with Crippen LogP contribution in [0.15, 0.2) is 5.38 Å². The maximum atomic E-state index is 12.5. The molecule has 1 unspecified atom stereocenters. The minimum atomic E-state index is -0.190. The highest BCUT2D eigenvalue weighted by molar-refractivity contribution is 7.09. The summed E-state index contributed by atoms with van der Waals surface area (Å²) in [6.45, 7) is 11.8. The van der Waals surface area contributed by atoms with Crippen LogP contribution >= 0.6 is 11.3 Å². The highest BCUT2D eigenvalue weighted by Gasteiger charge is 2.29. The number of nitrogens with zero attached hydrogens (tertiary/aromatic N) is 3. The number of aromatic nitrogens is 1. The fourth-order valence-electron chi connectivity index (χ4n) is 3.28. The average Bonchev–Trinajstić information content (AvgIpc) is 3.15. The first-order chi connectivity index (χ1) is 11.4. The van der Waals surface area contributed by atoms with E-state index in [2.05, 4.69) is 31.1 Å². The number of hydrogen-bond donors (Lipinski definition) is 0. The van der Waals surface area contributed by atoms with Crippen LogP contribution in [0.25, 0.3) is 0 Å². The predicted octanol–water partition coefficient (Wildman–Crippen LogP) is 2.65. The smallest absolute Gasteiger partial charge is 0.251 e. The van der Waals surface area contributed by atoms with E-state index in [9.17, 15) is 4.79 Å². The zero-order valence-electron chi connectivity index (χ0n) is 15.1. The molecule has 1 aromatic heterocycles. The van der Waals surface area contributed by atoms with Crippen molar-refractivity contribution in [1.29, 1.82) is 0 Å². The number of carbonyl (C=O) groups excluding carboxylic acids is 1. The molecule has 3 rings (SSSR count). The fourth-order valence-corrected chi connectivity index (χ4v) is 4.18. The van der Waals surface area contributed by atoms with Crippen molar-refractivity contribution in [1.82, 2.24) is 14.8 Å². The second-order valence-corrected chi connectivity index (χ2v) is 8.71. The molecule has 134 valence electrons. The zero-order chi connectivity index (χ0) is 17.2. The lowest BCUT2D eigenvalue weighted by Crippen LogP contribution is -2.41. The van der Waals surface area contributed by atoms with E-state index in [1.165, 1.54) is 5.01 Å². The molecule has 0 saturated carbocycles. The second kappa shape index (κ2) is 7.50. The lowest BCUT2D eigenvalue weighted by Gasteiger charge is -2.24. The molecule has 0 bridgehead atoms. The Balaban J connectivity index is 1.53. The maximum absolute atomic E-state index is 12.5. The van der Waals surface area contributed by atoms with Gasteiger partial charge in [-0.05, 0) is 19.3 Å². The van der Waals surface area contributed by atoms with E-state index < -0.39 is 0 Å². The number of rotatable bonds is 3. The molecule has 5 nitrogen and oxygen atoms in total. The van der Waals surface area contributed by atoms with Crippen molar-refractivity contribution in [3.05, 3.63) is 16.1 Å². The van der Waals surface area contributed by atoms with Crippen molar-refractivity contribution in [2.24, 2.45) is 0 Å². The number of carbonyl (C=O) groups is 1. The second-order valence-electron chi connectivity index (χ2n) is 7.85. The standard InChI is InChI=1S/C18H29N3O2S/c1-18(2,3)17-19-14(13-24-17)12-20-7-5-8-21(10-9-20)16(22)15-6-4-11-23-15/h13,15H,4-12H2,1-3H3. The Morgan fingerprint density at radius 2 is 2.12 bits per heavy atom. The third-order valence-corrected chi connectivity index (χ3v) is 6.00. The Hall–Kier alpha value is -0.980. The molecule has 2 aliphatic rings. The molecule has 2 fully saturated rings. The van der Waals surface area contributed by atoms with Crippen LogP contribution in [0.1, 0.15) is 50.7 Å². The first kappa shape index (κ1) is 17.8. The summed E-state index contributed by atoms with van der Waals surface area (Å²) in [5.41, 5.74) is 1.27. The molecule has 0 spiro atoms. The highest BCUT2D eigenvalue weighted by Crippen LogP contribution is 2.26. The van der Waals surface area contributed by atoms with Gasteiger partial charge in [-0.25, -0.2) is 4.98 Å². The first-order valence-electron chi connectivity index (χ1n) is 9.01. The molecule has 1 atom stereocenters. The molecule has 0 radical (unpaired) electrons. The molecule has 6 heteroatoms. The number of amides is 1. The largest absolute Gasteiger partial charge is 0.368 e. The molecule has 0 N–H and O–H groups in total. The molecule has 0 aliphatic carbocycles. The third kappa shape index (κ3) is 4.35. The van der Waals surface area contributed by atoms with Gasteiger partial charge < -0.3 is 9.64 Å². The van der Waals surface area contributed by atoms with E-state index in [0.717, 1.165) is 64.3 Å².